The molecule has 1 aliphatic rings. The third-order valence-electron chi connectivity index (χ3n) is 3.43. The first-order chi connectivity index (χ1) is 8.59. The van der Waals surface area contributed by atoms with Gasteiger partial charge in [-0.05, 0) is 37.5 Å². The zero-order valence-corrected chi connectivity index (χ0v) is 11.1. The van der Waals surface area contributed by atoms with Crippen LogP contribution in [0.3, 0.4) is 0 Å². The number of likely N-dealkylation sites (tertiary alicyclic amines) is 1. The highest BCUT2D eigenvalue weighted by atomic mass is 16.2. The molecule has 1 aliphatic heterocycles. The predicted molar refractivity (Wildman–Crippen MR) is 74.9 cm³/mol. The lowest BCUT2D eigenvalue weighted by Gasteiger charge is -2.27. The van der Waals surface area contributed by atoms with Crippen LogP contribution in [0.25, 0.3) is 0 Å². The van der Waals surface area contributed by atoms with Gasteiger partial charge in [-0.1, -0.05) is 0 Å². The molecule has 1 amide bonds. The highest BCUT2D eigenvalue weighted by Gasteiger charge is 2.20. The fraction of sp³-hybridized carbons (Fsp3) is 0.500. The van der Waals surface area contributed by atoms with E-state index in [0.29, 0.717) is 11.3 Å². The molecule has 0 saturated carbocycles. The van der Waals surface area contributed by atoms with Gasteiger partial charge in [0.05, 0.1) is 5.56 Å². The van der Waals surface area contributed by atoms with Gasteiger partial charge < -0.3 is 15.5 Å². The van der Waals surface area contributed by atoms with E-state index in [1.165, 1.54) is 6.42 Å². The number of nitrogens with zero attached hydrogens (tertiary/aromatic N) is 2. The van der Waals surface area contributed by atoms with Crippen molar-refractivity contribution < 1.29 is 4.79 Å². The summed E-state index contributed by atoms with van der Waals surface area (Å²) in [6.07, 6.45) is 3.42. The molecule has 1 saturated heterocycles. The summed E-state index contributed by atoms with van der Waals surface area (Å²) < 4.78 is 0. The van der Waals surface area contributed by atoms with Crippen LogP contribution in [0.15, 0.2) is 18.2 Å². The third-order valence-corrected chi connectivity index (χ3v) is 3.43. The van der Waals surface area contributed by atoms with Crippen molar-refractivity contribution in [1.29, 1.82) is 0 Å². The van der Waals surface area contributed by atoms with E-state index < -0.39 is 0 Å². The van der Waals surface area contributed by atoms with E-state index >= 15 is 0 Å². The van der Waals surface area contributed by atoms with E-state index in [2.05, 4.69) is 0 Å². The number of piperidine rings is 1. The zero-order valence-electron chi connectivity index (χ0n) is 11.1. The monoisotopic (exact) mass is 247 g/mol. The Morgan fingerprint density at radius 3 is 2.44 bits per heavy atom. The first-order valence-corrected chi connectivity index (χ1v) is 6.45. The Morgan fingerprint density at radius 2 is 1.89 bits per heavy atom. The molecule has 1 fully saturated rings. The minimum absolute atomic E-state index is 0.0671. The van der Waals surface area contributed by atoms with Gasteiger partial charge in [-0.3, -0.25) is 4.79 Å². The fourth-order valence-electron chi connectivity index (χ4n) is 2.29. The molecule has 0 aliphatic carbocycles. The molecule has 1 aromatic rings. The normalized spacial score (nSPS) is 15.6. The molecule has 4 nitrogen and oxygen atoms in total. The second kappa shape index (κ2) is 5.29. The molecular formula is C14H21N3O. The van der Waals surface area contributed by atoms with Gasteiger partial charge in [0.1, 0.15) is 0 Å². The molecule has 0 bridgehead atoms. The third kappa shape index (κ3) is 2.58. The lowest BCUT2D eigenvalue weighted by molar-refractivity contribution is 0.0725. The molecular weight excluding hydrogens is 226 g/mol. The zero-order chi connectivity index (χ0) is 13.1. The van der Waals surface area contributed by atoms with Crippen LogP contribution in [-0.4, -0.2) is 38.0 Å². The van der Waals surface area contributed by atoms with Crippen LogP contribution in [0.4, 0.5) is 11.4 Å². The number of carbonyl (C=O) groups is 1. The Bertz CT molecular complexity index is 437. The Morgan fingerprint density at radius 1 is 1.22 bits per heavy atom. The largest absolute Gasteiger partial charge is 0.398 e. The Balaban J connectivity index is 2.19. The van der Waals surface area contributed by atoms with Gasteiger partial charge >= 0.3 is 0 Å². The van der Waals surface area contributed by atoms with Gasteiger partial charge in [-0.25, -0.2) is 0 Å². The number of hydrogen-bond acceptors (Lipinski definition) is 3. The fourth-order valence-corrected chi connectivity index (χ4v) is 2.29. The van der Waals surface area contributed by atoms with Crippen molar-refractivity contribution in [1.82, 2.24) is 4.90 Å². The minimum Gasteiger partial charge on any atom is -0.398 e. The molecule has 1 heterocycles. The first kappa shape index (κ1) is 12.7. The lowest BCUT2D eigenvalue weighted by atomic mass is 10.1. The summed E-state index contributed by atoms with van der Waals surface area (Å²) in [7, 11) is 3.92. The van der Waals surface area contributed by atoms with Crippen LogP contribution in [0, 0.1) is 0 Å². The van der Waals surface area contributed by atoms with Gasteiger partial charge in [-0.2, -0.15) is 0 Å². The quantitative estimate of drug-likeness (QED) is 0.813. The van der Waals surface area contributed by atoms with Crippen molar-refractivity contribution in [2.24, 2.45) is 0 Å². The SMILES string of the molecule is CN(C)c1ccc(C(=O)N2CCCCC2)c(N)c1. The van der Waals surface area contributed by atoms with Crippen LogP contribution in [0.2, 0.25) is 0 Å². The summed E-state index contributed by atoms with van der Waals surface area (Å²) in [5.74, 6) is 0.0671. The average molecular weight is 247 g/mol. The van der Waals surface area contributed by atoms with Gasteiger partial charge in [-0.15, -0.1) is 0 Å². The van der Waals surface area contributed by atoms with Crippen molar-refractivity contribution in [3.63, 3.8) is 0 Å². The summed E-state index contributed by atoms with van der Waals surface area (Å²) in [6.45, 7) is 1.71. The van der Waals surface area contributed by atoms with E-state index in [9.17, 15) is 4.79 Å². The molecule has 0 atom stereocenters. The Labute approximate surface area is 108 Å². The maximum atomic E-state index is 12.3. The summed E-state index contributed by atoms with van der Waals surface area (Å²) >= 11 is 0. The summed E-state index contributed by atoms with van der Waals surface area (Å²) in [6, 6.07) is 5.63. The maximum absolute atomic E-state index is 12.3. The van der Waals surface area contributed by atoms with Crippen LogP contribution in [-0.2, 0) is 0 Å². The second-order valence-corrected chi connectivity index (χ2v) is 5.02. The highest BCUT2D eigenvalue weighted by molar-refractivity contribution is 5.99. The summed E-state index contributed by atoms with van der Waals surface area (Å²) in [4.78, 5) is 16.2. The number of nitrogens with two attached hydrogens (primary N) is 1. The van der Waals surface area contributed by atoms with Gasteiger partial charge in [0.25, 0.3) is 5.91 Å². The number of anilines is 2. The van der Waals surface area contributed by atoms with E-state index in [4.69, 9.17) is 5.73 Å². The topological polar surface area (TPSA) is 49.6 Å². The molecule has 1 aromatic carbocycles. The number of amides is 1. The number of carbonyl (C=O) groups excluding carboxylic acids is 1. The van der Waals surface area contributed by atoms with Crippen LogP contribution >= 0.6 is 0 Å². The van der Waals surface area contributed by atoms with E-state index in [0.717, 1.165) is 31.6 Å². The average Bonchev–Trinajstić information content (AvgIpc) is 2.38. The van der Waals surface area contributed by atoms with Crippen molar-refractivity contribution in [3.05, 3.63) is 23.8 Å². The molecule has 98 valence electrons. The van der Waals surface area contributed by atoms with Crippen molar-refractivity contribution in [2.75, 3.05) is 37.8 Å². The van der Waals surface area contributed by atoms with E-state index in [1.54, 1.807) is 0 Å². The highest BCUT2D eigenvalue weighted by Crippen LogP contribution is 2.22. The van der Waals surface area contributed by atoms with Crippen molar-refractivity contribution in [2.45, 2.75) is 19.3 Å². The summed E-state index contributed by atoms with van der Waals surface area (Å²) in [5.41, 5.74) is 8.20. The van der Waals surface area contributed by atoms with Gasteiger partial charge in [0.2, 0.25) is 0 Å². The molecule has 2 rings (SSSR count). The van der Waals surface area contributed by atoms with Crippen LogP contribution in [0.1, 0.15) is 29.6 Å². The number of nitrogen functional groups attached to an aromatic ring is 1. The molecule has 2 N–H and O–H groups in total. The minimum atomic E-state index is 0.0671. The molecule has 0 unspecified atom stereocenters. The van der Waals surface area contributed by atoms with Crippen molar-refractivity contribution in [3.8, 4) is 0 Å². The number of hydrogen-bond donors (Lipinski definition) is 1. The smallest absolute Gasteiger partial charge is 0.255 e. The molecule has 0 aromatic heterocycles. The predicted octanol–water partition coefficient (Wildman–Crippen LogP) is 1.96. The van der Waals surface area contributed by atoms with Gasteiger partial charge in [0.15, 0.2) is 0 Å². The van der Waals surface area contributed by atoms with Crippen LogP contribution < -0.4 is 10.6 Å². The first-order valence-electron chi connectivity index (χ1n) is 6.45. The molecule has 0 spiro atoms. The number of benzene rings is 1. The second-order valence-electron chi connectivity index (χ2n) is 5.02. The van der Waals surface area contributed by atoms with E-state index in [-0.39, 0.29) is 5.91 Å². The Hall–Kier alpha value is -1.71. The molecule has 4 heteroatoms. The lowest BCUT2D eigenvalue weighted by Crippen LogP contribution is -2.36. The van der Waals surface area contributed by atoms with Crippen LogP contribution in [0.5, 0.6) is 0 Å². The Kier molecular flexibility index (Phi) is 3.75. The van der Waals surface area contributed by atoms with Gasteiger partial charge in [0, 0.05) is 38.6 Å². The molecule has 0 radical (unpaired) electrons. The molecule has 18 heavy (non-hydrogen) atoms. The van der Waals surface area contributed by atoms with E-state index in [1.807, 2.05) is 42.1 Å². The maximum Gasteiger partial charge on any atom is 0.255 e. The van der Waals surface area contributed by atoms with Crippen molar-refractivity contribution >= 4 is 17.3 Å². The number of rotatable bonds is 2. The summed E-state index contributed by atoms with van der Waals surface area (Å²) in [5, 5.41) is 0. The standard InChI is InChI=1S/C14H21N3O/c1-16(2)11-6-7-12(13(15)10-11)14(18)17-8-4-3-5-9-17/h6-7,10H,3-5,8-9,15H2,1-2H3.